The van der Waals surface area contributed by atoms with Gasteiger partial charge in [0.1, 0.15) is 34.5 Å². The van der Waals surface area contributed by atoms with Crippen LogP contribution in [0.1, 0.15) is 15.9 Å². The Morgan fingerprint density at radius 1 is 0.562 bits per heavy atom. The van der Waals surface area contributed by atoms with Crippen LogP contribution in [0.4, 0.5) is 11.4 Å². The molecule has 0 heterocycles. The molecule has 7 heteroatoms. The summed E-state index contributed by atoms with van der Waals surface area (Å²) in [4.78, 5) is 12.8. The normalized spacial score (nSPS) is 10.5. The first-order valence-corrected chi connectivity index (χ1v) is 9.66. The van der Waals surface area contributed by atoms with Crippen LogP contribution in [0.15, 0.2) is 84.9 Å². The van der Waals surface area contributed by atoms with Crippen molar-refractivity contribution in [3.63, 3.8) is 0 Å². The summed E-state index contributed by atoms with van der Waals surface area (Å²) in [6.07, 6.45) is 0. The minimum Gasteiger partial charge on any atom is -0.506 e. The number of phenolic OH excluding ortho intramolecular Hbond substituents is 2. The van der Waals surface area contributed by atoms with E-state index in [1.807, 2.05) is 0 Å². The van der Waals surface area contributed by atoms with Gasteiger partial charge in [-0.05, 0) is 72.8 Å². The first-order valence-electron chi connectivity index (χ1n) is 9.66. The summed E-state index contributed by atoms with van der Waals surface area (Å²) >= 11 is 0. The molecule has 0 aromatic heterocycles. The fourth-order valence-corrected chi connectivity index (χ4v) is 2.98. The molecule has 0 spiro atoms. The number of hydrogen-bond donors (Lipinski definition) is 4. The minimum atomic E-state index is -0.147. The van der Waals surface area contributed by atoms with Crippen LogP contribution >= 0.6 is 0 Å². The molecule has 0 aliphatic rings. The molecule has 0 atom stereocenters. The first kappa shape index (κ1) is 20.6. The van der Waals surface area contributed by atoms with E-state index in [1.165, 1.54) is 24.3 Å². The Kier molecular flexibility index (Phi) is 5.55. The first-order chi connectivity index (χ1) is 15.4. The average molecular weight is 428 g/mol. The number of rotatable bonds is 6. The highest BCUT2D eigenvalue weighted by Crippen LogP contribution is 2.30. The maximum absolute atomic E-state index is 12.8. The number of nitrogens with two attached hydrogens (primary N) is 2. The van der Waals surface area contributed by atoms with E-state index >= 15 is 0 Å². The quantitative estimate of drug-likeness (QED) is 0.192. The summed E-state index contributed by atoms with van der Waals surface area (Å²) in [7, 11) is 0. The number of hydrogen-bond acceptors (Lipinski definition) is 7. The van der Waals surface area contributed by atoms with Crippen LogP contribution in [0.3, 0.4) is 0 Å². The number of phenols is 2. The third-order valence-corrected chi connectivity index (χ3v) is 4.70. The Labute approximate surface area is 184 Å². The molecule has 0 radical (unpaired) electrons. The predicted octanol–water partition coefficient (Wildman–Crippen LogP) is 5.08. The van der Waals surface area contributed by atoms with E-state index in [4.69, 9.17) is 20.9 Å². The summed E-state index contributed by atoms with van der Waals surface area (Å²) < 4.78 is 11.4. The molecule has 32 heavy (non-hydrogen) atoms. The lowest BCUT2D eigenvalue weighted by Gasteiger charge is -2.09. The van der Waals surface area contributed by atoms with Gasteiger partial charge in [0.2, 0.25) is 0 Å². The molecule has 0 aliphatic heterocycles. The molecule has 0 amide bonds. The van der Waals surface area contributed by atoms with Crippen LogP contribution in [-0.4, -0.2) is 16.0 Å². The molecule has 0 unspecified atom stereocenters. The van der Waals surface area contributed by atoms with Crippen molar-refractivity contribution in [1.82, 2.24) is 0 Å². The number of carbonyl (C=O) groups is 1. The van der Waals surface area contributed by atoms with Gasteiger partial charge in [-0.25, -0.2) is 0 Å². The third-order valence-electron chi connectivity index (χ3n) is 4.70. The summed E-state index contributed by atoms with van der Waals surface area (Å²) in [5, 5.41) is 19.0. The van der Waals surface area contributed by atoms with Crippen LogP contribution in [0.25, 0.3) is 0 Å². The average Bonchev–Trinajstić information content (AvgIpc) is 2.79. The van der Waals surface area contributed by atoms with Crippen molar-refractivity contribution in [2.75, 3.05) is 11.5 Å². The lowest BCUT2D eigenvalue weighted by molar-refractivity contribution is 0.103. The van der Waals surface area contributed by atoms with E-state index in [2.05, 4.69) is 0 Å². The van der Waals surface area contributed by atoms with E-state index in [0.29, 0.717) is 34.1 Å². The van der Waals surface area contributed by atoms with Gasteiger partial charge in [-0.2, -0.15) is 0 Å². The highest BCUT2D eigenvalue weighted by Gasteiger charge is 2.11. The van der Waals surface area contributed by atoms with Crippen molar-refractivity contribution in [3.8, 4) is 34.5 Å². The number of carbonyl (C=O) groups excluding carboxylic acids is 1. The molecule has 160 valence electrons. The molecular weight excluding hydrogens is 408 g/mol. The SMILES string of the molecule is Nc1cc(Oc2ccc(C(=O)c3ccc(Oc4ccc(O)c(N)c4)cc3)cc2)ccc1O. The van der Waals surface area contributed by atoms with Crippen molar-refractivity contribution in [1.29, 1.82) is 0 Å². The van der Waals surface area contributed by atoms with Gasteiger partial charge in [-0.3, -0.25) is 4.79 Å². The molecule has 4 aromatic rings. The Morgan fingerprint density at radius 3 is 1.25 bits per heavy atom. The van der Waals surface area contributed by atoms with Crippen molar-refractivity contribution in [3.05, 3.63) is 96.1 Å². The number of ether oxygens (including phenoxy) is 2. The molecule has 4 rings (SSSR count). The molecule has 0 fully saturated rings. The Bertz CT molecular complexity index is 1170. The van der Waals surface area contributed by atoms with E-state index in [-0.39, 0.29) is 28.7 Å². The molecule has 7 nitrogen and oxygen atoms in total. The van der Waals surface area contributed by atoms with Crippen LogP contribution in [0, 0.1) is 0 Å². The Balaban J connectivity index is 1.43. The largest absolute Gasteiger partial charge is 0.506 e. The van der Waals surface area contributed by atoms with Crippen molar-refractivity contribution in [2.45, 2.75) is 0 Å². The minimum absolute atomic E-state index is 0.0121. The van der Waals surface area contributed by atoms with Gasteiger partial charge in [0, 0.05) is 23.3 Å². The zero-order valence-electron chi connectivity index (χ0n) is 16.9. The predicted molar refractivity (Wildman–Crippen MR) is 122 cm³/mol. The maximum atomic E-state index is 12.8. The van der Waals surface area contributed by atoms with Crippen LogP contribution in [0.5, 0.6) is 34.5 Å². The smallest absolute Gasteiger partial charge is 0.193 e. The van der Waals surface area contributed by atoms with Crippen LogP contribution < -0.4 is 20.9 Å². The Morgan fingerprint density at radius 2 is 0.906 bits per heavy atom. The van der Waals surface area contributed by atoms with E-state index in [9.17, 15) is 15.0 Å². The third kappa shape index (κ3) is 4.57. The monoisotopic (exact) mass is 428 g/mol. The van der Waals surface area contributed by atoms with E-state index in [1.54, 1.807) is 60.7 Å². The molecule has 0 aliphatic carbocycles. The summed E-state index contributed by atoms with van der Waals surface area (Å²) in [6.45, 7) is 0. The van der Waals surface area contributed by atoms with Gasteiger partial charge in [-0.15, -0.1) is 0 Å². The second kappa shape index (κ2) is 8.61. The number of nitrogen functional groups attached to an aromatic ring is 2. The van der Waals surface area contributed by atoms with Crippen molar-refractivity contribution >= 4 is 17.2 Å². The number of aromatic hydroxyl groups is 2. The second-order valence-corrected chi connectivity index (χ2v) is 7.02. The summed E-state index contributed by atoms with van der Waals surface area (Å²) in [5.74, 6) is 1.84. The Hall–Kier alpha value is -4.65. The summed E-state index contributed by atoms with van der Waals surface area (Å²) in [6, 6.07) is 22.6. The van der Waals surface area contributed by atoms with Crippen molar-refractivity contribution < 1.29 is 24.5 Å². The zero-order valence-corrected chi connectivity index (χ0v) is 16.9. The van der Waals surface area contributed by atoms with Crippen LogP contribution in [-0.2, 0) is 0 Å². The maximum Gasteiger partial charge on any atom is 0.193 e. The number of benzene rings is 4. The molecular formula is C25H20N2O5. The van der Waals surface area contributed by atoms with Gasteiger partial charge >= 0.3 is 0 Å². The zero-order chi connectivity index (χ0) is 22.7. The second-order valence-electron chi connectivity index (χ2n) is 7.02. The molecule has 0 saturated carbocycles. The molecule has 6 N–H and O–H groups in total. The fraction of sp³-hybridized carbons (Fsp3) is 0. The molecule has 0 saturated heterocycles. The topological polar surface area (TPSA) is 128 Å². The molecule has 4 aromatic carbocycles. The number of anilines is 2. The van der Waals surface area contributed by atoms with E-state index in [0.717, 1.165) is 0 Å². The van der Waals surface area contributed by atoms with Gasteiger partial charge in [-0.1, -0.05) is 0 Å². The van der Waals surface area contributed by atoms with Gasteiger partial charge < -0.3 is 31.2 Å². The van der Waals surface area contributed by atoms with E-state index < -0.39 is 0 Å². The lowest BCUT2D eigenvalue weighted by atomic mass is 10.0. The summed E-state index contributed by atoms with van der Waals surface area (Å²) in [5.41, 5.74) is 12.8. The van der Waals surface area contributed by atoms with Crippen LogP contribution in [0.2, 0.25) is 0 Å². The molecule has 0 bridgehead atoms. The highest BCUT2D eigenvalue weighted by molar-refractivity contribution is 6.09. The van der Waals surface area contributed by atoms with Gasteiger partial charge in [0.05, 0.1) is 11.4 Å². The number of ketones is 1. The van der Waals surface area contributed by atoms with Crippen molar-refractivity contribution in [2.24, 2.45) is 0 Å². The fourth-order valence-electron chi connectivity index (χ4n) is 2.98. The highest BCUT2D eigenvalue weighted by atomic mass is 16.5. The van der Waals surface area contributed by atoms with Gasteiger partial charge in [0.15, 0.2) is 5.78 Å². The lowest BCUT2D eigenvalue weighted by Crippen LogP contribution is -2.01. The van der Waals surface area contributed by atoms with Gasteiger partial charge in [0.25, 0.3) is 0 Å². The standard InChI is InChI=1S/C25H20N2O5/c26-21-13-19(9-11-23(21)28)31-17-5-1-15(2-6-17)25(30)16-3-7-18(8-4-16)32-20-10-12-24(29)22(27)14-20/h1-14,28-29H,26-27H2.